The molecule has 0 N–H and O–H groups in total. The van der Waals surface area contributed by atoms with Crippen LogP contribution in [0.4, 0.5) is 14.7 Å². The molecule has 8 nitrogen and oxygen atoms in total. The van der Waals surface area contributed by atoms with Gasteiger partial charge in [0.1, 0.15) is 11.5 Å². The predicted octanol–water partition coefficient (Wildman–Crippen LogP) is 3.38. The van der Waals surface area contributed by atoms with Gasteiger partial charge in [0.15, 0.2) is 21.4 Å². The summed E-state index contributed by atoms with van der Waals surface area (Å²) < 4.78 is 56.5. The Bertz CT molecular complexity index is 1310. The van der Waals surface area contributed by atoms with Crippen LogP contribution < -0.4 is 9.64 Å². The number of ether oxygens (including phenoxy) is 1. The van der Waals surface area contributed by atoms with Crippen molar-refractivity contribution in [3.63, 3.8) is 0 Å². The van der Waals surface area contributed by atoms with Gasteiger partial charge in [-0.3, -0.25) is 9.97 Å². The molecule has 3 heterocycles. The van der Waals surface area contributed by atoms with Crippen LogP contribution in [-0.4, -0.2) is 47.7 Å². The minimum Gasteiger partial charge on any atom is -0.484 e. The fourth-order valence-electron chi connectivity index (χ4n) is 3.44. The second-order valence-electron chi connectivity index (χ2n) is 7.81. The fraction of sp³-hybridized carbons (Fsp3) is 0.304. The zero-order chi connectivity index (χ0) is 24.3. The van der Waals surface area contributed by atoms with Gasteiger partial charge in [0.05, 0.1) is 23.8 Å². The third-order valence-corrected chi connectivity index (χ3v) is 6.53. The van der Waals surface area contributed by atoms with Gasteiger partial charge in [0.25, 0.3) is 0 Å². The van der Waals surface area contributed by atoms with E-state index in [0.29, 0.717) is 18.2 Å². The normalized spacial score (nSPS) is 14.1. The van der Waals surface area contributed by atoms with E-state index in [4.69, 9.17) is 4.74 Å². The van der Waals surface area contributed by atoms with E-state index in [-0.39, 0.29) is 6.61 Å². The van der Waals surface area contributed by atoms with Crippen molar-refractivity contribution in [2.75, 3.05) is 24.2 Å². The van der Waals surface area contributed by atoms with E-state index in [9.17, 15) is 17.2 Å². The molecule has 0 unspecified atom stereocenters. The number of sulfone groups is 1. The lowest BCUT2D eigenvalue weighted by atomic mass is 10.1. The molecular formula is C23H23F2N5O3S. The quantitative estimate of drug-likeness (QED) is 0.500. The molecule has 0 radical (unpaired) electrons. The molecular weight excluding hydrogens is 464 g/mol. The number of anilines is 1. The van der Waals surface area contributed by atoms with Gasteiger partial charge >= 0.3 is 0 Å². The van der Waals surface area contributed by atoms with Crippen molar-refractivity contribution in [2.45, 2.75) is 31.3 Å². The molecule has 0 saturated carbocycles. The van der Waals surface area contributed by atoms with E-state index in [0.717, 1.165) is 54.6 Å². The van der Waals surface area contributed by atoms with Crippen molar-refractivity contribution in [1.29, 1.82) is 0 Å². The van der Waals surface area contributed by atoms with Crippen molar-refractivity contribution in [3.8, 4) is 5.75 Å². The average molecular weight is 488 g/mol. The smallest absolute Gasteiger partial charge is 0.225 e. The number of benzene rings is 1. The van der Waals surface area contributed by atoms with Gasteiger partial charge in [-0.05, 0) is 36.1 Å². The van der Waals surface area contributed by atoms with Crippen LogP contribution in [0.1, 0.15) is 30.3 Å². The van der Waals surface area contributed by atoms with Gasteiger partial charge < -0.3 is 9.64 Å². The maximum absolute atomic E-state index is 14.2. The van der Waals surface area contributed by atoms with Gasteiger partial charge in [0.2, 0.25) is 11.8 Å². The zero-order valence-electron chi connectivity index (χ0n) is 18.7. The Labute approximate surface area is 196 Å². The topological polar surface area (TPSA) is 98.2 Å². The van der Waals surface area contributed by atoms with Crippen molar-refractivity contribution >= 4 is 21.4 Å². The average Bonchev–Trinajstić information content (AvgIpc) is 2.85. The fourth-order valence-corrected chi connectivity index (χ4v) is 4.17. The second-order valence-corrected chi connectivity index (χ2v) is 9.80. The molecule has 0 saturated heterocycles. The number of hydrogen-bond donors (Lipinski definition) is 0. The van der Waals surface area contributed by atoms with Gasteiger partial charge in [-0.1, -0.05) is 13.0 Å². The second kappa shape index (κ2) is 9.80. The molecule has 1 aliphatic heterocycles. The Morgan fingerprint density at radius 1 is 1.03 bits per heavy atom. The third kappa shape index (κ3) is 5.19. The largest absolute Gasteiger partial charge is 0.484 e. The molecule has 3 aromatic rings. The number of nitrogens with zero attached hydrogens (tertiary/aromatic N) is 5. The van der Waals surface area contributed by atoms with Gasteiger partial charge in [0, 0.05) is 31.7 Å². The van der Waals surface area contributed by atoms with Crippen LogP contribution in [0.25, 0.3) is 5.57 Å². The Kier molecular flexibility index (Phi) is 6.82. The van der Waals surface area contributed by atoms with Crippen LogP contribution in [0.3, 0.4) is 0 Å². The summed E-state index contributed by atoms with van der Waals surface area (Å²) in [7, 11) is -3.89. The zero-order valence-corrected chi connectivity index (χ0v) is 19.5. The Morgan fingerprint density at radius 2 is 1.79 bits per heavy atom. The van der Waals surface area contributed by atoms with Crippen molar-refractivity contribution in [2.24, 2.45) is 0 Å². The van der Waals surface area contributed by atoms with Crippen LogP contribution in [0.5, 0.6) is 5.75 Å². The van der Waals surface area contributed by atoms with Crippen LogP contribution in [0.15, 0.2) is 47.9 Å². The summed E-state index contributed by atoms with van der Waals surface area (Å²) in [6, 6.07) is 2.05. The van der Waals surface area contributed by atoms with E-state index in [1.54, 1.807) is 6.20 Å². The minimum absolute atomic E-state index is 0.153. The first-order chi connectivity index (χ1) is 16.3. The highest BCUT2D eigenvalue weighted by Crippen LogP contribution is 2.26. The molecule has 2 aromatic heterocycles. The highest BCUT2D eigenvalue weighted by molar-refractivity contribution is 7.90. The molecule has 0 fully saturated rings. The van der Waals surface area contributed by atoms with E-state index in [1.165, 1.54) is 6.20 Å². The van der Waals surface area contributed by atoms with E-state index in [1.807, 2.05) is 12.4 Å². The summed E-state index contributed by atoms with van der Waals surface area (Å²) in [5.74, 6) is -2.54. The summed E-state index contributed by atoms with van der Waals surface area (Å²) in [6.45, 7) is 3.31. The van der Waals surface area contributed by atoms with Gasteiger partial charge in [-0.2, -0.15) is 4.39 Å². The van der Waals surface area contributed by atoms with Crippen LogP contribution in [0, 0.1) is 11.6 Å². The molecule has 34 heavy (non-hydrogen) atoms. The SMILES string of the molecule is CCc1cnc(N2CC=C(c3cnc(COc4ccc(S(C)(=O)=O)c(F)c4F)cn3)CC2)nc1. The number of aromatic nitrogens is 4. The Hall–Kier alpha value is -3.47. The first-order valence-electron chi connectivity index (χ1n) is 10.6. The molecule has 0 aliphatic carbocycles. The molecule has 0 bridgehead atoms. The van der Waals surface area contributed by atoms with Crippen molar-refractivity contribution < 1.29 is 21.9 Å². The Balaban J connectivity index is 1.38. The Morgan fingerprint density at radius 3 is 2.38 bits per heavy atom. The van der Waals surface area contributed by atoms with Crippen LogP contribution in [-0.2, 0) is 22.9 Å². The first kappa shape index (κ1) is 23.7. The lowest BCUT2D eigenvalue weighted by Crippen LogP contribution is -2.30. The highest BCUT2D eigenvalue weighted by atomic mass is 32.2. The molecule has 11 heteroatoms. The summed E-state index contributed by atoms with van der Waals surface area (Å²) in [6.07, 6.45) is 11.3. The first-order valence-corrected chi connectivity index (χ1v) is 12.5. The summed E-state index contributed by atoms with van der Waals surface area (Å²) in [4.78, 5) is 18.9. The molecule has 1 aliphatic rings. The minimum atomic E-state index is -3.89. The molecule has 0 spiro atoms. The van der Waals surface area contributed by atoms with Crippen LogP contribution in [0.2, 0.25) is 0 Å². The molecule has 1 aromatic carbocycles. The summed E-state index contributed by atoms with van der Waals surface area (Å²) in [5.41, 5.74) is 3.28. The number of hydrogen-bond acceptors (Lipinski definition) is 8. The molecule has 178 valence electrons. The standard InChI is InChI=1S/C23H23F2N5O3S/c1-3-15-10-28-23(29-11-15)30-8-6-16(7-9-30)18-13-26-17(12-27-18)14-33-19-4-5-20(34(2,31)32)22(25)21(19)24/h4-6,10-13H,3,7-9,14H2,1-2H3. The van der Waals surface area contributed by atoms with E-state index >= 15 is 0 Å². The maximum atomic E-state index is 14.2. The number of aryl methyl sites for hydroxylation is 1. The number of rotatable bonds is 7. The molecule has 0 atom stereocenters. The van der Waals surface area contributed by atoms with Crippen molar-refractivity contribution in [3.05, 3.63) is 71.6 Å². The summed E-state index contributed by atoms with van der Waals surface area (Å²) in [5, 5.41) is 0. The predicted molar refractivity (Wildman–Crippen MR) is 122 cm³/mol. The number of halogens is 2. The highest BCUT2D eigenvalue weighted by Gasteiger charge is 2.21. The third-order valence-electron chi connectivity index (χ3n) is 5.41. The monoisotopic (exact) mass is 487 g/mol. The maximum Gasteiger partial charge on any atom is 0.225 e. The molecule has 4 rings (SSSR count). The van der Waals surface area contributed by atoms with Crippen LogP contribution >= 0.6 is 0 Å². The van der Waals surface area contributed by atoms with Gasteiger partial charge in [-0.25, -0.2) is 22.8 Å². The van der Waals surface area contributed by atoms with E-state index in [2.05, 4.69) is 37.8 Å². The van der Waals surface area contributed by atoms with Crippen molar-refractivity contribution in [1.82, 2.24) is 19.9 Å². The lowest BCUT2D eigenvalue weighted by Gasteiger charge is -2.26. The molecule has 0 amide bonds. The van der Waals surface area contributed by atoms with E-state index < -0.39 is 32.1 Å². The van der Waals surface area contributed by atoms with Gasteiger partial charge in [-0.15, -0.1) is 0 Å². The summed E-state index contributed by atoms with van der Waals surface area (Å²) >= 11 is 0. The lowest BCUT2D eigenvalue weighted by molar-refractivity contribution is 0.278.